The van der Waals surface area contributed by atoms with Crippen LogP contribution in [0.3, 0.4) is 0 Å². The van der Waals surface area contributed by atoms with Crippen LogP contribution in [-0.2, 0) is 28.6 Å². The van der Waals surface area contributed by atoms with E-state index >= 15 is 0 Å². The van der Waals surface area contributed by atoms with Gasteiger partial charge >= 0.3 is 17.9 Å². The fourth-order valence-corrected chi connectivity index (χ4v) is 7.96. The van der Waals surface area contributed by atoms with Gasteiger partial charge in [-0.25, -0.2) is 0 Å². The third-order valence-electron chi connectivity index (χ3n) is 12.3. The Labute approximate surface area is 368 Å². The molecular formula is C53H102O6. The minimum Gasteiger partial charge on any atom is -0.462 e. The van der Waals surface area contributed by atoms with Crippen LogP contribution in [0.5, 0.6) is 0 Å². The summed E-state index contributed by atoms with van der Waals surface area (Å²) in [5.41, 5.74) is 0. The first-order chi connectivity index (χ1) is 28.8. The van der Waals surface area contributed by atoms with Gasteiger partial charge in [0.1, 0.15) is 13.2 Å². The molecule has 6 nitrogen and oxygen atoms in total. The van der Waals surface area contributed by atoms with Crippen LogP contribution in [0.4, 0.5) is 0 Å². The van der Waals surface area contributed by atoms with Crippen LogP contribution < -0.4 is 0 Å². The minimum atomic E-state index is -0.762. The highest BCUT2D eigenvalue weighted by Crippen LogP contribution is 2.18. The number of hydrogen-bond donors (Lipinski definition) is 0. The van der Waals surface area contributed by atoms with Crippen LogP contribution >= 0.6 is 0 Å². The number of carbonyl (C=O) groups is 3. The number of rotatable bonds is 47. The quantitative estimate of drug-likeness (QED) is 0.0345. The van der Waals surface area contributed by atoms with Crippen molar-refractivity contribution in [3.8, 4) is 0 Å². The zero-order valence-electron chi connectivity index (χ0n) is 40.4. The van der Waals surface area contributed by atoms with Gasteiger partial charge in [-0.3, -0.25) is 14.4 Å². The van der Waals surface area contributed by atoms with Crippen molar-refractivity contribution in [2.45, 2.75) is 298 Å². The monoisotopic (exact) mass is 835 g/mol. The van der Waals surface area contributed by atoms with Gasteiger partial charge in [-0.2, -0.15) is 0 Å². The summed E-state index contributed by atoms with van der Waals surface area (Å²) in [6.45, 7) is 11.4. The van der Waals surface area contributed by atoms with E-state index in [1.807, 2.05) is 0 Å². The molecular weight excluding hydrogens is 733 g/mol. The molecule has 0 spiro atoms. The summed E-state index contributed by atoms with van der Waals surface area (Å²) in [4.78, 5) is 37.9. The predicted molar refractivity (Wildman–Crippen MR) is 252 cm³/mol. The van der Waals surface area contributed by atoms with Crippen molar-refractivity contribution >= 4 is 17.9 Å². The van der Waals surface area contributed by atoms with E-state index < -0.39 is 6.10 Å². The van der Waals surface area contributed by atoms with Crippen LogP contribution in [0.1, 0.15) is 291 Å². The molecule has 2 atom stereocenters. The van der Waals surface area contributed by atoms with Crippen molar-refractivity contribution in [3.05, 3.63) is 0 Å². The summed E-state index contributed by atoms with van der Waals surface area (Å²) < 4.78 is 16.8. The Morgan fingerprint density at radius 1 is 0.356 bits per heavy atom. The highest BCUT2D eigenvalue weighted by Gasteiger charge is 2.19. The molecule has 1 unspecified atom stereocenters. The van der Waals surface area contributed by atoms with E-state index in [1.165, 1.54) is 180 Å². The van der Waals surface area contributed by atoms with Gasteiger partial charge in [0.2, 0.25) is 0 Å². The van der Waals surface area contributed by atoms with Gasteiger partial charge in [0.15, 0.2) is 6.10 Å². The molecule has 6 heteroatoms. The zero-order chi connectivity index (χ0) is 43.3. The lowest BCUT2D eigenvalue weighted by Gasteiger charge is -2.18. The van der Waals surface area contributed by atoms with Gasteiger partial charge in [-0.1, -0.05) is 253 Å². The normalized spacial score (nSPS) is 12.5. The van der Waals surface area contributed by atoms with Crippen molar-refractivity contribution in [1.82, 2.24) is 0 Å². The van der Waals surface area contributed by atoms with E-state index in [4.69, 9.17) is 14.2 Å². The number of unbranched alkanes of at least 4 members (excludes halogenated alkanes) is 31. The summed E-state index contributed by atoms with van der Waals surface area (Å²) in [5, 5.41) is 0. The lowest BCUT2D eigenvalue weighted by molar-refractivity contribution is -0.167. The molecule has 59 heavy (non-hydrogen) atoms. The van der Waals surface area contributed by atoms with Crippen molar-refractivity contribution in [3.63, 3.8) is 0 Å². The SMILES string of the molecule is CCCCCCCCCCCCCCCCCC(=O)OC[C@H](COC(=O)CCCCCCCCCCCCCCCC(C)C)OC(=O)CCCCCCCCC(C)CC. The first-order valence-corrected chi connectivity index (χ1v) is 26.3. The van der Waals surface area contributed by atoms with Crippen LogP contribution in [0, 0.1) is 11.8 Å². The van der Waals surface area contributed by atoms with E-state index in [2.05, 4.69) is 34.6 Å². The van der Waals surface area contributed by atoms with Gasteiger partial charge in [0.05, 0.1) is 0 Å². The molecule has 0 bridgehead atoms. The zero-order valence-corrected chi connectivity index (χ0v) is 40.4. The Hall–Kier alpha value is -1.59. The first-order valence-electron chi connectivity index (χ1n) is 26.3. The minimum absolute atomic E-state index is 0.0644. The van der Waals surface area contributed by atoms with Gasteiger partial charge < -0.3 is 14.2 Å². The fourth-order valence-electron chi connectivity index (χ4n) is 7.96. The molecule has 0 aliphatic rings. The van der Waals surface area contributed by atoms with Gasteiger partial charge in [0.25, 0.3) is 0 Å². The highest BCUT2D eigenvalue weighted by molar-refractivity contribution is 5.71. The second-order valence-electron chi connectivity index (χ2n) is 18.9. The Morgan fingerprint density at radius 2 is 0.644 bits per heavy atom. The summed E-state index contributed by atoms with van der Waals surface area (Å²) in [6, 6.07) is 0. The second-order valence-corrected chi connectivity index (χ2v) is 18.9. The number of carbonyl (C=O) groups excluding carboxylic acids is 3. The average Bonchev–Trinajstić information content (AvgIpc) is 3.22. The van der Waals surface area contributed by atoms with E-state index in [1.54, 1.807) is 0 Å². The Kier molecular flexibility index (Phi) is 44.7. The highest BCUT2D eigenvalue weighted by atomic mass is 16.6. The maximum absolute atomic E-state index is 12.7. The predicted octanol–water partition coefficient (Wildman–Crippen LogP) is 16.9. The Bertz CT molecular complexity index is 902. The van der Waals surface area contributed by atoms with E-state index in [0.29, 0.717) is 19.3 Å². The lowest BCUT2D eigenvalue weighted by atomic mass is 10.00. The standard InChI is InChI=1S/C53H102O6/c1-6-8-9-10-11-12-13-14-15-18-21-24-27-33-38-43-51(54)57-46-50(59-53(56)45-40-35-30-29-32-37-42-49(5)7-2)47-58-52(55)44-39-34-28-25-22-19-16-17-20-23-26-31-36-41-48(3)4/h48-50H,6-47H2,1-5H3/t49?,50-/m1/s1. The molecule has 0 heterocycles. The van der Waals surface area contributed by atoms with Crippen molar-refractivity contribution in [2.75, 3.05) is 13.2 Å². The summed E-state index contributed by atoms with van der Waals surface area (Å²) in [7, 11) is 0. The molecule has 0 aromatic heterocycles. The number of ether oxygens (including phenoxy) is 3. The molecule has 350 valence electrons. The third-order valence-corrected chi connectivity index (χ3v) is 12.3. The molecule has 0 saturated carbocycles. The number of esters is 3. The van der Waals surface area contributed by atoms with Crippen LogP contribution in [-0.4, -0.2) is 37.2 Å². The molecule has 0 amide bonds. The molecule has 0 fully saturated rings. The molecule has 0 radical (unpaired) electrons. The molecule has 0 N–H and O–H groups in total. The van der Waals surface area contributed by atoms with Crippen LogP contribution in [0.2, 0.25) is 0 Å². The fraction of sp³-hybridized carbons (Fsp3) is 0.943. The smallest absolute Gasteiger partial charge is 0.306 e. The molecule has 0 aromatic carbocycles. The summed E-state index contributed by atoms with van der Waals surface area (Å²) in [5.74, 6) is 0.799. The van der Waals surface area contributed by atoms with Crippen molar-refractivity contribution < 1.29 is 28.6 Å². The molecule has 0 rings (SSSR count). The maximum atomic E-state index is 12.7. The lowest BCUT2D eigenvalue weighted by Crippen LogP contribution is -2.30. The molecule has 0 aliphatic heterocycles. The van der Waals surface area contributed by atoms with Gasteiger partial charge in [0, 0.05) is 19.3 Å². The number of hydrogen-bond acceptors (Lipinski definition) is 6. The maximum Gasteiger partial charge on any atom is 0.306 e. The molecule has 0 saturated heterocycles. The van der Waals surface area contributed by atoms with Crippen LogP contribution in [0.15, 0.2) is 0 Å². The van der Waals surface area contributed by atoms with E-state index in [-0.39, 0.29) is 31.1 Å². The summed E-state index contributed by atoms with van der Waals surface area (Å²) >= 11 is 0. The first kappa shape index (κ1) is 57.4. The van der Waals surface area contributed by atoms with Crippen LogP contribution in [0.25, 0.3) is 0 Å². The van der Waals surface area contributed by atoms with E-state index in [0.717, 1.165) is 69.6 Å². The van der Waals surface area contributed by atoms with Crippen molar-refractivity contribution in [1.29, 1.82) is 0 Å². The molecule has 0 aliphatic carbocycles. The topological polar surface area (TPSA) is 78.9 Å². The molecule has 0 aromatic rings. The Morgan fingerprint density at radius 3 is 0.966 bits per heavy atom. The largest absolute Gasteiger partial charge is 0.462 e. The second kappa shape index (κ2) is 45.9. The Balaban J connectivity index is 4.27. The van der Waals surface area contributed by atoms with Crippen molar-refractivity contribution in [2.24, 2.45) is 11.8 Å². The average molecular weight is 835 g/mol. The van der Waals surface area contributed by atoms with Gasteiger partial charge in [-0.05, 0) is 31.1 Å². The summed E-state index contributed by atoms with van der Waals surface area (Å²) in [6.07, 6.45) is 46.6. The van der Waals surface area contributed by atoms with Gasteiger partial charge in [-0.15, -0.1) is 0 Å². The third kappa shape index (κ3) is 45.8. The van der Waals surface area contributed by atoms with E-state index in [9.17, 15) is 14.4 Å².